The molecule has 0 saturated carbocycles. The number of aryl methyl sites for hydroxylation is 2. The van der Waals surface area contributed by atoms with E-state index in [1.54, 1.807) is 13.8 Å². The number of anilines is 1. The summed E-state index contributed by atoms with van der Waals surface area (Å²) in [6.45, 7) is 7.92. The Bertz CT molecular complexity index is 1050. The fourth-order valence-corrected chi connectivity index (χ4v) is 3.88. The Morgan fingerprint density at radius 1 is 1.21 bits per heavy atom. The quantitative estimate of drug-likeness (QED) is 0.596. The van der Waals surface area contributed by atoms with Gasteiger partial charge in [-0.25, -0.2) is 9.97 Å². The third kappa shape index (κ3) is 5.17. The van der Waals surface area contributed by atoms with E-state index in [1.807, 2.05) is 5.38 Å². The number of aromatic amines is 1. The molecule has 29 heavy (non-hydrogen) atoms. The number of H-pyrrole nitrogens is 1. The molecular formula is C22H26N4O2S. The van der Waals surface area contributed by atoms with Crippen LogP contribution in [0.2, 0.25) is 0 Å². The topological polar surface area (TPSA) is 87.7 Å². The average molecular weight is 411 g/mol. The van der Waals surface area contributed by atoms with E-state index in [0.29, 0.717) is 34.6 Å². The monoisotopic (exact) mass is 410 g/mol. The van der Waals surface area contributed by atoms with Crippen molar-refractivity contribution >= 4 is 22.4 Å². The summed E-state index contributed by atoms with van der Waals surface area (Å²) in [7, 11) is 0. The Morgan fingerprint density at radius 2 is 1.93 bits per heavy atom. The summed E-state index contributed by atoms with van der Waals surface area (Å²) in [5.74, 6) is 0.944. The second kappa shape index (κ2) is 9.13. The van der Waals surface area contributed by atoms with Crippen LogP contribution in [0.5, 0.6) is 0 Å². The van der Waals surface area contributed by atoms with Crippen molar-refractivity contribution in [2.24, 2.45) is 0 Å². The highest BCUT2D eigenvalue weighted by Gasteiger charge is 2.12. The van der Waals surface area contributed by atoms with Crippen LogP contribution in [0.25, 0.3) is 11.3 Å². The second-order valence-corrected chi connectivity index (χ2v) is 8.09. The molecule has 2 aromatic heterocycles. The molecule has 152 valence electrons. The first-order valence-electron chi connectivity index (χ1n) is 9.79. The van der Waals surface area contributed by atoms with E-state index in [9.17, 15) is 9.59 Å². The van der Waals surface area contributed by atoms with E-state index in [1.165, 1.54) is 16.9 Å². The van der Waals surface area contributed by atoms with Crippen LogP contribution in [0.1, 0.15) is 55.3 Å². The molecular weight excluding hydrogens is 384 g/mol. The Morgan fingerprint density at radius 3 is 2.59 bits per heavy atom. The number of rotatable bonds is 7. The molecule has 0 saturated heterocycles. The molecule has 0 bridgehead atoms. The number of hydrogen-bond donors (Lipinski definition) is 2. The van der Waals surface area contributed by atoms with Crippen molar-refractivity contribution in [2.45, 2.75) is 52.9 Å². The minimum Gasteiger partial charge on any atom is -0.311 e. The van der Waals surface area contributed by atoms with E-state index in [-0.39, 0.29) is 17.9 Å². The van der Waals surface area contributed by atoms with E-state index in [2.05, 4.69) is 58.4 Å². The third-order valence-electron chi connectivity index (χ3n) is 5.08. The first kappa shape index (κ1) is 20.9. The normalized spacial score (nSPS) is 12.0. The first-order valence-corrected chi connectivity index (χ1v) is 10.7. The molecule has 1 amide bonds. The molecule has 3 aromatic rings. The van der Waals surface area contributed by atoms with Gasteiger partial charge in [-0.05, 0) is 38.2 Å². The predicted molar refractivity (Wildman–Crippen MR) is 118 cm³/mol. The molecule has 0 aliphatic carbocycles. The van der Waals surface area contributed by atoms with Crippen molar-refractivity contribution in [3.05, 3.63) is 62.6 Å². The van der Waals surface area contributed by atoms with Crippen LogP contribution in [0.3, 0.4) is 0 Å². The second-order valence-electron chi connectivity index (χ2n) is 7.23. The molecule has 0 spiro atoms. The molecule has 0 aliphatic rings. The molecule has 7 heteroatoms. The van der Waals surface area contributed by atoms with Crippen molar-refractivity contribution in [3.8, 4) is 11.3 Å². The Kier molecular flexibility index (Phi) is 6.59. The van der Waals surface area contributed by atoms with Crippen LogP contribution < -0.4 is 10.9 Å². The highest BCUT2D eigenvalue weighted by molar-refractivity contribution is 7.14. The number of thiazole rings is 1. The largest absolute Gasteiger partial charge is 0.311 e. The third-order valence-corrected chi connectivity index (χ3v) is 5.84. The summed E-state index contributed by atoms with van der Waals surface area (Å²) in [4.78, 5) is 35.8. The molecule has 2 N–H and O–H groups in total. The Hall–Kier alpha value is -2.80. The summed E-state index contributed by atoms with van der Waals surface area (Å²) >= 11 is 1.39. The molecule has 3 rings (SSSR count). The predicted octanol–water partition coefficient (Wildman–Crippen LogP) is 4.60. The number of carbonyl (C=O) groups is 1. The van der Waals surface area contributed by atoms with Crippen LogP contribution in [-0.2, 0) is 11.2 Å². The van der Waals surface area contributed by atoms with Crippen LogP contribution in [-0.4, -0.2) is 20.9 Å². The van der Waals surface area contributed by atoms with Gasteiger partial charge >= 0.3 is 0 Å². The van der Waals surface area contributed by atoms with E-state index < -0.39 is 0 Å². The van der Waals surface area contributed by atoms with Crippen molar-refractivity contribution in [1.82, 2.24) is 15.0 Å². The number of amides is 1. The maximum atomic E-state index is 12.3. The summed E-state index contributed by atoms with van der Waals surface area (Å²) < 4.78 is 0. The van der Waals surface area contributed by atoms with Gasteiger partial charge in [0.05, 0.1) is 5.69 Å². The van der Waals surface area contributed by atoms with Crippen LogP contribution in [0.15, 0.2) is 34.4 Å². The van der Waals surface area contributed by atoms with E-state index in [4.69, 9.17) is 0 Å². The lowest BCUT2D eigenvalue weighted by Gasteiger charge is -2.08. The van der Waals surface area contributed by atoms with Gasteiger partial charge in [-0.1, -0.05) is 38.1 Å². The van der Waals surface area contributed by atoms with Crippen molar-refractivity contribution in [3.63, 3.8) is 0 Å². The minimum absolute atomic E-state index is 0.169. The van der Waals surface area contributed by atoms with Crippen molar-refractivity contribution in [1.29, 1.82) is 0 Å². The minimum atomic E-state index is -0.180. The lowest BCUT2D eigenvalue weighted by molar-refractivity contribution is -0.116. The number of nitrogens with one attached hydrogen (secondary N) is 2. The summed E-state index contributed by atoms with van der Waals surface area (Å²) in [6.07, 6.45) is 1.65. The standard InChI is InChI=1S/C22H26N4O2S/c1-5-13(2)16-6-8-17(9-7-16)19-12-29-22(25-19)26-20(27)11-10-18-14(3)23-15(4)24-21(18)28/h6-9,12-13H,5,10-11H2,1-4H3,(H,23,24,28)(H,25,26,27)/t13-/m0/s1. The van der Waals surface area contributed by atoms with E-state index in [0.717, 1.165) is 17.7 Å². The zero-order valence-corrected chi connectivity index (χ0v) is 18.0. The summed E-state index contributed by atoms with van der Waals surface area (Å²) in [5, 5.41) is 5.32. The van der Waals surface area contributed by atoms with Gasteiger partial charge in [-0.2, -0.15) is 0 Å². The molecule has 0 radical (unpaired) electrons. The average Bonchev–Trinajstić information content (AvgIpc) is 3.15. The highest BCUT2D eigenvalue weighted by Crippen LogP contribution is 2.27. The lowest BCUT2D eigenvalue weighted by atomic mass is 9.97. The summed E-state index contributed by atoms with van der Waals surface area (Å²) in [6, 6.07) is 8.41. The molecule has 2 heterocycles. The van der Waals surface area contributed by atoms with E-state index >= 15 is 0 Å². The van der Waals surface area contributed by atoms with Gasteiger partial charge in [0.2, 0.25) is 5.91 Å². The van der Waals surface area contributed by atoms with Gasteiger partial charge in [0.25, 0.3) is 5.56 Å². The lowest BCUT2D eigenvalue weighted by Crippen LogP contribution is -2.20. The summed E-state index contributed by atoms with van der Waals surface area (Å²) in [5.41, 5.74) is 4.22. The molecule has 6 nitrogen and oxygen atoms in total. The Labute approximate surface area is 174 Å². The maximum Gasteiger partial charge on any atom is 0.254 e. The number of aromatic nitrogens is 3. The molecule has 0 fully saturated rings. The molecule has 0 unspecified atom stereocenters. The zero-order valence-electron chi connectivity index (χ0n) is 17.2. The Balaban J connectivity index is 1.61. The van der Waals surface area contributed by atoms with Crippen molar-refractivity contribution < 1.29 is 4.79 Å². The number of nitrogens with zero attached hydrogens (tertiary/aromatic N) is 2. The van der Waals surface area contributed by atoms with Gasteiger partial charge in [0.15, 0.2) is 5.13 Å². The fraction of sp³-hybridized carbons (Fsp3) is 0.364. The van der Waals surface area contributed by atoms with Gasteiger partial charge in [-0.15, -0.1) is 11.3 Å². The fourth-order valence-electron chi connectivity index (χ4n) is 3.15. The van der Waals surface area contributed by atoms with Crippen LogP contribution in [0, 0.1) is 13.8 Å². The molecule has 1 atom stereocenters. The SMILES string of the molecule is CC[C@H](C)c1ccc(-c2csc(NC(=O)CCc3c(C)nc(C)[nH]c3=O)n2)cc1. The van der Waals surface area contributed by atoms with Crippen LogP contribution in [0.4, 0.5) is 5.13 Å². The number of hydrogen-bond acceptors (Lipinski definition) is 5. The van der Waals surface area contributed by atoms with Crippen molar-refractivity contribution in [2.75, 3.05) is 5.32 Å². The molecule has 0 aliphatic heterocycles. The van der Waals surface area contributed by atoms with Gasteiger partial charge in [0, 0.05) is 28.6 Å². The number of benzene rings is 1. The zero-order chi connectivity index (χ0) is 21.0. The van der Waals surface area contributed by atoms with Gasteiger partial charge < -0.3 is 10.3 Å². The molecule has 1 aromatic carbocycles. The highest BCUT2D eigenvalue weighted by atomic mass is 32.1. The van der Waals surface area contributed by atoms with Gasteiger partial charge in [0.1, 0.15) is 5.82 Å². The van der Waals surface area contributed by atoms with Gasteiger partial charge in [-0.3, -0.25) is 9.59 Å². The smallest absolute Gasteiger partial charge is 0.254 e. The first-order chi connectivity index (χ1) is 13.9. The number of carbonyl (C=O) groups excluding carboxylic acids is 1. The van der Waals surface area contributed by atoms with Crippen LogP contribution >= 0.6 is 11.3 Å². The maximum absolute atomic E-state index is 12.3.